The molecular formula is C28H47IO6Si2. The van der Waals surface area contributed by atoms with Crippen LogP contribution < -0.4 is 0 Å². The van der Waals surface area contributed by atoms with Gasteiger partial charge in [-0.05, 0) is 54.5 Å². The molecule has 0 saturated carbocycles. The molecule has 1 aromatic rings. The molecule has 9 heteroatoms. The number of hydrogen-bond acceptors (Lipinski definition) is 6. The van der Waals surface area contributed by atoms with Crippen molar-refractivity contribution in [2.75, 3.05) is 13.7 Å². The van der Waals surface area contributed by atoms with Gasteiger partial charge in [-0.15, -0.1) is 0 Å². The predicted octanol–water partition coefficient (Wildman–Crippen LogP) is 7.55. The highest BCUT2D eigenvalue weighted by Crippen LogP contribution is 2.31. The molecule has 3 atom stereocenters. The first-order valence-electron chi connectivity index (χ1n) is 13.6. The van der Waals surface area contributed by atoms with Crippen molar-refractivity contribution in [1.82, 2.24) is 0 Å². The lowest BCUT2D eigenvalue weighted by Gasteiger charge is -2.38. The summed E-state index contributed by atoms with van der Waals surface area (Å²) >= 11 is 2.35. The average Bonchev–Trinajstić information content (AvgIpc) is 2.95. The third-order valence-corrected chi connectivity index (χ3v) is 18.1. The van der Waals surface area contributed by atoms with E-state index in [1.165, 1.54) is 13.2 Å². The van der Waals surface area contributed by atoms with Gasteiger partial charge >= 0.3 is 11.9 Å². The van der Waals surface area contributed by atoms with Crippen LogP contribution in [-0.4, -0.2) is 58.4 Å². The molecule has 0 unspecified atom stereocenters. The van der Waals surface area contributed by atoms with Crippen LogP contribution in [0.3, 0.4) is 0 Å². The van der Waals surface area contributed by atoms with Crippen molar-refractivity contribution in [2.24, 2.45) is 0 Å². The van der Waals surface area contributed by atoms with Gasteiger partial charge < -0.3 is 18.3 Å². The number of carbonyl (C=O) groups excluding carboxylic acids is 2. The van der Waals surface area contributed by atoms with Crippen molar-refractivity contribution >= 4 is 51.2 Å². The van der Waals surface area contributed by atoms with Gasteiger partial charge in [0.15, 0.2) is 16.6 Å². The number of carbonyl (C=O) groups is 2. The van der Waals surface area contributed by atoms with Crippen LogP contribution in [0.25, 0.3) is 0 Å². The zero-order valence-corrected chi connectivity index (χ0v) is 27.9. The molecule has 0 N–H and O–H groups in total. The predicted molar refractivity (Wildman–Crippen MR) is 164 cm³/mol. The Morgan fingerprint density at radius 2 is 1.38 bits per heavy atom. The Morgan fingerprint density at radius 1 is 0.865 bits per heavy atom. The van der Waals surface area contributed by atoms with Gasteiger partial charge in [-0.1, -0.05) is 82.3 Å². The molecule has 0 aromatic heterocycles. The summed E-state index contributed by atoms with van der Waals surface area (Å²) in [6.07, 6.45) is 3.42. The first kappa shape index (κ1) is 34.0. The quantitative estimate of drug-likeness (QED) is 0.0532. The summed E-state index contributed by atoms with van der Waals surface area (Å²) in [5.41, 5.74) is 0.537. The summed E-state index contributed by atoms with van der Waals surface area (Å²) in [5, 5.41) is 0. The van der Waals surface area contributed by atoms with E-state index in [2.05, 4.69) is 64.1 Å². The summed E-state index contributed by atoms with van der Waals surface area (Å²) < 4.78 is 24.3. The van der Waals surface area contributed by atoms with Gasteiger partial charge in [-0.2, -0.15) is 0 Å². The van der Waals surface area contributed by atoms with Crippen molar-refractivity contribution < 1.29 is 27.9 Å². The standard InChI is InChI=1S/C28H47IO6Si2/c1-8-36(9-2,10-3)34-24(19-20-27(30)32-7)21-26(35-37(11-4,12-5)13-6)25(29)22-33-28(31)23-17-15-14-16-18-23/h14-20,24-26H,8-13,21-22H2,1-7H3/b20-19+/t24-,25+,26-/m0/s1. The molecule has 0 spiro atoms. The Labute approximate surface area is 240 Å². The van der Waals surface area contributed by atoms with E-state index in [9.17, 15) is 9.59 Å². The van der Waals surface area contributed by atoms with Crippen LogP contribution in [0.2, 0.25) is 36.3 Å². The molecule has 0 aliphatic rings. The highest BCUT2D eigenvalue weighted by molar-refractivity contribution is 14.1. The van der Waals surface area contributed by atoms with Crippen molar-refractivity contribution in [1.29, 1.82) is 0 Å². The topological polar surface area (TPSA) is 71.1 Å². The maximum absolute atomic E-state index is 12.6. The molecular weight excluding hydrogens is 615 g/mol. The maximum atomic E-state index is 12.6. The number of halogens is 1. The monoisotopic (exact) mass is 662 g/mol. The van der Waals surface area contributed by atoms with Crippen molar-refractivity contribution in [3.63, 3.8) is 0 Å². The maximum Gasteiger partial charge on any atom is 0.338 e. The molecule has 0 saturated heterocycles. The second-order valence-electron chi connectivity index (χ2n) is 9.40. The fourth-order valence-electron chi connectivity index (χ4n) is 4.48. The lowest BCUT2D eigenvalue weighted by atomic mass is 10.1. The highest BCUT2D eigenvalue weighted by Gasteiger charge is 2.38. The van der Waals surface area contributed by atoms with Gasteiger partial charge in [-0.25, -0.2) is 9.59 Å². The Hall–Kier alpha value is -1.02. The first-order chi connectivity index (χ1) is 17.7. The largest absolute Gasteiger partial charge is 0.466 e. The van der Waals surface area contributed by atoms with Gasteiger partial charge in [0.2, 0.25) is 0 Å². The van der Waals surface area contributed by atoms with Crippen molar-refractivity contribution in [3.8, 4) is 0 Å². The summed E-state index contributed by atoms with van der Waals surface area (Å²) in [6, 6.07) is 15.1. The number of alkyl halides is 1. The Bertz CT molecular complexity index is 811. The van der Waals surface area contributed by atoms with Gasteiger partial charge in [0.1, 0.15) is 6.61 Å². The number of hydrogen-bond donors (Lipinski definition) is 0. The molecule has 0 bridgehead atoms. The molecule has 0 aliphatic heterocycles. The van der Waals surface area contributed by atoms with E-state index in [1.54, 1.807) is 12.1 Å². The number of rotatable bonds is 18. The second-order valence-corrected chi connectivity index (χ2v) is 20.4. The lowest BCUT2D eigenvalue weighted by molar-refractivity contribution is -0.134. The van der Waals surface area contributed by atoms with Gasteiger partial charge in [-0.3, -0.25) is 0 Å². The lowest BCUT2D eigenvalue weighted by Crippen LogP contribution is -2.47. The number of esters is 2. The second kappa shape index (κ2) is 17.5. The summed E-state index contributed by atoms with van der Waals surface area (Å²) in [5.74, 6) is -0.733. The molecule has 37 heavy (non-hydrogen) atoms. The van der Waals surface area contributed by atoms with E-state index in [0.29, 0.717) is 12.0 Å². The number of ether oxygens (including phenoxy) is 2. The number of benzene rings is 1. The number of methoxy groups -OCH3 is 1. The van der Waals surface area contributed by atoms with Crippen LogP contribution in [0.1, 0.15) is 58.3 Å². The molecule has 0 radical (unpaired) electrons. The summed E-state index contributed by atoms with van der Waals surface area (Å²) in [4.78, 5) is 24.6. The zero-order chi connectivity index (χ0) is 27.9. The first-order valence-corrected chi connectivity index (χ1v) is 20.0. The molecule has 210 valence electrons. The zero-order valence-electron chi connectivity index (χ0n) is 23.8. The van der Waals surface area contributed by atoms with Crippen LogP contribution in [0.5, 0.6) is 0 Å². The van der Waals surface area contributed by atoms with Crippen molar-refractivity contribution in [3.05, 3.63) is 48.0 Å². The van der Waals surface area contributed by atoms with E-state index in [1.807, 2.05) is 24.3 Å². The van der Waals surface area contributed by atoms with Crippen LogP contribution >= 0.6 is 22.6 Å². The van der Waals surface area contributed by atoms with Gasteiger partial charge in [0.05, 0.1) is 28.8 Å². The van der Waals surface area contributed by atoms with Gasteiger partial charge in [0, 0.05) is 12.5 Å². The third-order valence-electron chi connectivity index (χ3n) is 7.57. The van der Waals surface area contributed by atoms with Crippen molar-refractivity contribution in [2.45, 2.75) is 100 Å². The fourth-order valence-corrected chi connectivity index (χ4v) is 11.1. The van der Waals surface area contributed by atoms with Crippen LogP contribution in [0.4, 0.5) is 0 Å². The molecule has 0 amide bonds. The molecule has 6 nitrogen and oxygen atoms in total. The minimum Gasteiger partial charge on any atom is -0.466 e. The van der Waals surface area contributed by atoms with Gasteiger partial charge in [0.25, 0.3) is 0 Å². The molecule has 1 rings (SSSR count). The van der Waals surface area contributed by atoms with Crippen LogP contribution in [-0.2, 0) is 23.1 Å². The smallest absolute Gasteiger partial charge is 0.338 e. The van der Waals surface area contributed by atoms with E-state index >= 15 is 0 Å². The normalized spacial score (nSPS) is 14.8. The SMILES string of the molecule is CC[Si](CC)(CC)O[C@@H](C[C@H](/C=C/C(=O)OC)O[Si](CC)(CC)CC)[C@H](I)COC(=O)c1ccccc1. The minimum atomic E-state index is -1.97. The van der Waals surface area contributed by atoms with E-state index in [0.717, 1.165) is 36.3 Å². The summed E-state index contributed by atoms with van der Waals surface area (Å²) in [7, 11) is -2.56. The summed E-state index contributed by atoms with van der Waals surface area (Å²) in [6.45, 7) is 13.5. The van der Waals surface area contributed by atoms with E-state index in [-0.39, 0.29) is 28.7 Å². The van der Waals surface area contributed by atoms with E-state index < -0.39 is 22.6 Å². The molecule has 1 aromatic carbocycles. The Morgan fingerprint density at radius 3 is 1.86 bits per heavy atom. The highest BCUT2D eigenvalue weighted by atomic mass is 127. The van der Waals surface area contributed by atoms with Crippen LogP contribution in [0.15, 0.2) is 42.5 Å². The minimum absolute atomic E-state index is 0.0691. The molecule has 0 heterocycles. The van der Waals surface area contributed by atoms with Crippen LogP contribution in [0, 0.1) is 0 Å². The molecule has 0 aliphatic carbocycles. The molecule has 0 fully saturated rings. The third kappa shape index (κ3) is 10.9. The Kier molecular flexibility index (Phi) is 16.1. The fraction of sp³-hybridized carbons (Fsp3) is 0.643. The van der Waals surface area contributed by atoms with E-state index in [4.69, 9.17) is 18.3 Å². The average molecular weight is 663 g/mol. The Balaban J connectivity index is 3.24.